The molecule has 1 fully saturated rings. The van der Waals surface area contributed by atoms with Crippen molar-refractivity contribution in [2.24, 2.45) is 0 Å². The van der Waals surface area contributed by atoms with Crippen LogP contribution >= 0.6 is 0 Å². The summed E-state index contributed by atoms with van der Waals surface area (Å²) in [5.41, 5.74) is 0.993. The van der Waals surface area contributed by atoms with Crippen LogP contribution in [0.1, 0.15) is 31.2 Å². The predicted octanol–water partition coefficient (Wildman–Crippen LogP) is 2.11. The summed E-state index contributed by atoms with van der Waals surface area (Å²) >= 11 is 0. The quantitative estimate of drug-likeness (QED) is 0.841. The van der Waals surface area contributed by atoms with E-state index in [0.717, 1.165) is 31.2 Å². The van der Waals surface area contributed by atoms with Gasteiger partial charge in [0, 0.05) is 18.2 Å². The summed E-state index contributed by atoms with van der Waals surface area (Å²) in [6.45, 7) is 0.630. The summed E-state index contributed by atoms with van der Waals surface area (Å²) in [7, 11) is 4.83. The van der Waals surface area contributed by atoms with Crippen molar-refractivity contribution < 1.29 is 19.3 Å². The first-order valence-electron chi connectivity index (χ1n) is 7.40. The first-order chi connectivity index (χ1) is 10.2. The van der Waals surface area contributed by atoms with E-state index in [1.54, 1.807) is 21.3 Å². The molecule has 2 N–H and O–H groups in total. The highest BCUT2D eigenvalue weighted by Crippen LogP contribution is 2.39. The number of hydrogen-bond acceptors (Lipinski definition) is 5. The Labute approximate surface area is 126 Å². The van der Waals surface area contributed by atoms with Gasteiger partial charge in [0.05, 0.1) is 27.4 Å². The van der Waals surface area contributed by atoms with Crippen LogP contribution in [-0.4, -0.2) is 38.6 Å². The van der Waals surface area contributed by atoms with Gasteiger partial charge in [-0.1, -0.05) is 18.9 Å². The topological polar surface area (TPSA) is 60.0 Å². The van der Waals surface area contributed by atoms with Gasteiger partial charge < -0.3 is 24.6 Å². The lowest BCUT2D eigenvalue weighted by Crippen LogP contribution is -2.41. The standard InChI is InChI=1S/C16H25NO4/c1-19-14-9-8-11(15(20-2)16(14)21-3)10-17-12-6-4-5-7-13(12)18/h8-9,12-13,17-18H,4-7,10H2,1-3H3. The Morgan fingerprint density at radius 3 is 2.38 bits per heavy atom. The molecule has 2 rings (SSSR count). The summed E-state index contributed by atoms with van der Waals surface area (Å²) < 4.78 is 16.1. The van der Waals surface area contributed by atoms with Gasteiger partial charge in [0.15, 0.2) is 11.5 Å². The molecule has 5 nitrogen and oxygen atoms in total. The molecule has 21 heavy (non-hydrogen) atoms. The van der Waals surface area contributed by atoms with Gasteiger partial charge in [-0.3, -0.25) is 0 Å². The minimum Gasteiger partial charge on any atom is -0.493 e. The minimum atomic E-state index is -0.259. The van der Waals surface area contributed by atoms with E-state index < -0.39 is 0 Å². The van der Waals surface area contributed by atoms with E-state index in [0.29, 0.717) is 23.8 Å². The summed E-state index contributed by atoms with van der Waals surface area (Å²) in [6.07, 6.45) is 3.90. The van der Waals surface area contributed by atoms with Gasteiger partial charge in [-0.25, -0.2) is 0 Å². The molecule has 0 saturated heterocycles. The van der Waals surface area contributed by atoms with Gasteiger partial charge in [-0.05, 0) is 18.9 Å². The van der Waals surface area contributed by atoms with Gasteiger partial charge in [0.1, 0.15) is 0 Å². The van der Waals surface area contributed by atoms with Crippen molar-refractivity contribution in [3.63, 3.8) is 0 Å². The molecule has 2 unspecified atom stereocenters. The van der Waals surface area contributed by atoms with Gasteiger partial charge in [0.2, 0.25) is 5.75 Å². The van der Waals surface area contributed by atoms with Crippen LogP contribution in [0.3, 0.4) is 0 Å². The van der Waals surface area contributed by atoms with E-state index in [9.17, 15) is 5.11 Å². The van der Waals surface area contributed by atoms with Crippen LogP contribution in [0.4, 0.5) is 0 Å². The molecule has 1 aromatic carbocycles. The van der Waals surface area contributed by atoms with Crippen LogP contribution in [0.5, 0.6) is 17.2 Å². The van der Waals surface area contributed by atoms with Gasteiger partial charge in [-0.15, -0.1) is 0 Å². The van der Waals surface area contributed by atoms with Crippen LogP contribution in [0.25, 0.3) is 0 Å². The molecule has 0 aliphatic heterocycles. The monoisotopic (exact) mass is 295 g/mol. The Balaban J connectivity index is 2.12. The normalized spacial score (nSPS) is 21.9. The largest absolute Gasteiger partial charge is 0.493 e. The van der Waals surface area contributed by atoms with Crippen LogP contribution in [0.15, 0.2) is 12.1 Å². The zero-order valence-corrected chi connectivity index (χ0v) is 13.0. The predicted molar refractivity (Wildman–Crippen MR) is 81.2 cm³/mol. The Bertz CT molecular complexity index is 464. The van der Waals surface area contributed by atoms with Crippen molar-refractivity contribution in [2.75, 3.05) is 21.3 Å². The fraction of sp³-hybridized carbons (Fsp3) is 0.625. The van der Waals surface area contributed by atoms with Crippen molar-refractivity contribution in [2.45, 2.75) is 44.4 Å². The molecule has 1 aliphatic rings. The lowest BCUT2D eigenvalue weighted by Gasteiger charge is -2.29. The average molecular weight is 295 g/mol. The second-order valence-corrected chi connectivity index (χ2v) is 5.33. The first-order valence-corrected chi connectivity index (χ1v) is 7.40. The van der Waals surface area contributed by atoms with E-state index >= 15 is 0 Å². The molecule has 0 radical (unpaired) electrons. The lowest BCUT2D eigenvalue weighted by atomic mass is 9.92. The summed E-state index contributed by atoms with van der Waals surface area (Å²) in [6, 6.07) is 3.98. The molecular weight excluding hydrogens is 270 g/mol. The second kappa shape index (κ2) is 7.52. The second-order valence-electron chi connectivity index (χ2n) is 5.33. The molecule has 1 saturated carbocycles. The third kappa shape index (κ3) is 3.60. The molecular formula is C16H25NO4. The van der Waals surface area contributed by atoms with Crippen LogP contribution in [-0.2, 0) is 6.54 Å². The highest BCUT2D eigenvalue weighted by Gasteiger charge is 2.23. The molecule has 0 bridgehead atoms. The minimum absolute atomic E-state index is 0.150. The maximum Gasteiger partial charge on any atom is 0.203 e. The van der Waals surface area contributed by atoms with Crippen molar-refractivity contribution in [3.05, 3.63) is 17.7 Å². The fourth-order valence-electron chi connectivity index (χ4n) is 2.89. The number of aliphatic hydroxyl groups is 1. The fourth-order valence-corrected chi connectivity index (χ4v) is 2.89. The van der Waals surface area contributed by atoms with Crippen LogP contribution in [0.2, 0.25) is 0 Å². The van der Waals surface area contributed by atoms with E-state index in [2.05, 4.69) is 5.32 Å². The Hall–Kier alpha value is -1.46. The van der Waals surface area contributed by atoms with E-state index in [4.69, 9.17) is 14.2 Å². The molecule has 118 valence electrons. The Morgan fingerprint density at radius 2 is 1.76 bits per heavy atom. The number of hydrogen-bond donors (Lipinski definition) is 2. The Morgan fingerprint density at radius 1 is 1.05 bits per heavy atom. The van der Waals surface area contributed by atoms with E-state index in [-0.39, 0.29) is 12.1 Å². The molecule has 0 amide bonds. The van der Waals surface area contributed by atoms with Crippen molar-refractivity contribution in [1.29, 1.82) is 0 Å². The molecule has 1 aliphatic carbocycles. The SMILES string of the molecule is COc1ccc(CNC2CCCCC2O)c(OC)c1OC. The molecule has 5 heteroatoms. The molecule has 0 heterocycles. The van der Waals surface area contributed by atoms with Crippen molar-refractivity contribution in [1.82, 2.24) is 5.32 Å². The van der Waals surface area contributed by atoms with Gasteiger partial charge in [0.25, 0.3) is 0 Å². The van der Waals surface area contributed by atoms with Gasteiger partial charge >= 0.3 is 0 Å². The number of methoxy groups -OCH3 is 3. The maximum atomic E-state index is 10.0. The van der Waals surface area contributed by atoms with E-state index in [1.165, 1.54) is 0 Å². The zero-order chi connectivity index (χ0) is 15.2. The van der Waals surface area contributed by atoms with Crippen molar-refractivity contribution >= 4 is 0 Å². The van der Waals surface area contributed by atoms with Crippen LogP contribution in [0, 0.1) is 0 Å². The van der Waals surface area contributed by atoms with E-state index in [1.807, 2.05) is 12.1 Å². The molecule has 1 aromatic rings. The number of rotatable bonds is 6. The van der Waals surface area contributed by atoms with Crippen molar-refractivity contribution in [3.8, 4) is 17.2 Å². The highest BCUT2D eigenvalue weighted by atomic mass is 16.5. The number of nitrogens with one attached hydrogen (secondary N) is 1. The zero-order valence-electron chi connectivity index (χ0n) is 13.0. The Kier molecular flexibility index (Phi) is 5.70. The molecule has 2 atom stereocenters. The van der Waals surface area contributed by atoms with Crippen LogP contribution < -0.4 is 19.5 Å². The average Bonchev–Trinajstić information content (AvgIpc) is 2.52. The number of benzene rings is 1. The summed E-state index contributed by atoms with van der Waals surface area (Å²) in [5, 5.41) is 13.4. The number of aliphatic hydroxyl groups excluding tert-OH is 1. The maximum absolute atomic E-state index is 10.0. The highest BCUT2D eigenvalue weighted by molar-refractivity contribution is 5.55. The summed E-state index contributed by atoms with van der Waals surface area (Å²) in [4.78, 5) is 0. The number of ether oxygens (including phenoxy) is 3. The summed E-state index contributed by atoms with van der Waals surface area (Å²) in [5.74, 6) is 1.92. The third-order valence-corrected chi connectivity index (χ3v) is 4.07. The molecule has 0 aromatic heterocycles. The smallest absolute Gasteiger partial charge is 0.203 e. The lowest BCUT2D eigenvalue weighted by molar-refractivity contribution is 0.0901. The molecule has 0 spiro atoms. The first kappa shape index (κ1) is 15.9. The van der Waals surface area contributed by atoms with Gasteiger partial charge in [-0.2, -0.15) is 0 Å². The third-order valence-electron chi connectivity index (χ3n) is 4.07.